The number of rotatable bonds is 4. The van der Waals surface area contributed by atoms with Gasteiger partial charge in [0.25, 0.3) is 0 Å². The quantitative estimate of drug-likeness (QED) is 0.778. The van der Waals surface area contributed by atoms with Gasteiger partial charge in [-0.1, -0.05) is 0 Å². The third-order valence-corrected chi connectivity index (χ3v) is 5.54. The maximum Gasteiger partial charge on any atom is 0.223 e. The molecule has 26 heavy (non-hydrogen) atoms. The van der Waals surface area contributed by atoms with Crippen LogP contribution in [0.2, 0.25) is 0 Å². The first-order valence-corrected chi connectivity index (χ1v) is 9.27. The Morgan fingerprint density at radius 1 is 1.19 bits per heavy atom. The van der Waals surface area contributed by atoms with E-state index in [1.165, 1.54) is 6.20 Å². The Labute approximate surface area is 152 Å². The molecule has 4 rings (SSSR count). The molecule has 2 aromatic rings. The summed E-state index contributed by atoms with van der Waals surface area (Å²) >= 11 is 0. The lowest BCUT2D eigenvalue weighted by Crippen LogP contribution is -2.34. The van der Waals surface area contributed by atoms with Crippen molar-refractivity contribution in [1.82, 2.24) is 15.0 Å². The third-order valence-electron chi connectivity index (χ3n) is 5.54. The molecule has 0 aliphatic heterocycles. The number of anilines is 1. The van der Waals surface area contributed by atoms with Gasteiger partial charge in [0.05, 0.1) is 11.9 Å². The number of aromatic nitrogens is 3. The maximum absolute atomic E-state index is 14.4. The van der Waals surface area contributed by atoms with Crippen molar-refractivity contribution >= 4 is 5.95 Å². The van der Waals surface area contributed by atoms with E-state index >= 15 is 0 Å². The van der Waals surface area contributed by atoms with Crippen molar-refractivity contribution in [3.63, 3.8) is 0 Å². The summed E-state index contributed by atoms with van der Waals surface area (Å²) in [5, 5.41) is 13.8. The zero-order chi connectivity index (χ0) is 18.1. The zero-order valence-electron chi connectivity index (χ0n) is 14.7. The standard InChI is InChI=1S/C19H24FN5O/c20-15-11-23-18(24-14-4-2-13(21)3-5-14)25-17(15)12-6-9-22-16(10-12)19(26)7-1-8-19/h6,9-11,13-14,26H,1-5,7-8,21H2,(H,23,24,25). The van der Waals surface area contributed by atoms with Crippen LogP contribution in [-0.4, -0.2) is 32.1 Å². The summed E-state index contributed by atoms with van der Waals surface area (Å²) in [5.74, 6) is -0.0680. The molecule has 2 saturated carbocycles. The molecule has 2 aromatic heterocycles. The molecule has 2 aliphatic carbocycles. The zero-order valence-corrected chi connectivity index (χ0v) is 14.7. The Hall–Kier alpha value is -2.12. The highest BCUT2D eigenvalue weighted by Gasteiger charge is 2.37. The topological polar surface area (TPSA) is 97.0 Å². The lowest BCUT2D eigenvalue weighted by atomic mass is 9.77. The van der Waals surface area contributed by atoms with Crippen LogP contribution in [0.5, 0.6) is 0 Å². The Bertz CT molecular complexity index is 787. The van der Waals surface area contributed by atoms with Gasteiger partial charge in [-0.05, 0) is 57.1 Å². The molecule has 138 valence electrons. The minimum Gasteiger partial charge on any atom is -0.384 e. The van der Waals surface area contributed by atoms with Gasteiger partial charge >= 0.3 is 0 Å². The van der Waals surface area contributed by atoms with Crippen LogP contribution in [0.25, 0.3) is 11.3 Å². The van der Waals surface area contributed by atoms with Crippen molar-refractivity contribution < 1.29 is 9.50 Å². The van der Waals surface area contributed by atoms with E-state index in [1.807, 2.05) is 0 Å². The van der Waals surface area contributed by atoms with Gasteiger partial charge in [0.15, 0.2) is 5.82 Å². The Morgan fingerprint density at radius 3 is 2.65 bits per heavy atom. The second-order valence-electron chi connectivity index (χ2n) is 7.46. The number of pyridine rings is 1. The normalized spacial score (nSPS) is 24.7. The van der Waals surface area contributed by atoms with E-state index in [9.17, 15) is 9.50 Å². The molecule has 0 atom stereocenters. The maximum atomic E-state index is 14.4. The Balaban J connectivity index is 1.57. The van der Waals surface area contributed by atoms with Gasteiger partial charge in [0.1, 0.15) is 11.3 Å². The summed E-state index contributed by atoms with van der Waals surface area (Å²) in [6.45, 7) is 0. The van der Waals surface area contributed by atoms with Crippen LogP contribution < -0.4 is 11.1 Å². The second-order valence-corrected chi connectivity index (χ2v) is 7.46. The van der Waals surface area contributed by atoms with Gasteiger partial charge in [-0.15, -0.1) is 0 Å². The third kappa shape index (κ3) is 3.41. The van der Waals surface area contributed by atoms with Crippen molar-refractivity contribution in [2.75, 3.05) is 5.32 Å². The largest absolute Gasteiger partial charge is 0.384 e. The molecule has 0 aromatic carbocycles. The van der Waals surface area contributed by atoms with Crippen molar-refractivity contribution in [1.29, 1.82) is 0 Å². The van der Waals surface area contributed by atoms with Gasteiger partial charge in [0.2, 0.25) is 5.95 Å². The molecule has 2 heterocycles. The van der Waals surface area contributed by atoms with E-state index in [1.54, 1.807) is 18.3 Å². The summed E-state index contributed by atoms with van der Waals surface area (Å²) in [5.41, 5.74) is 6.46. The fourth-order valence-corrected chi connectivity index (χ4v) is 3.69. The summed E-state index contributed by atoms with van der Waals surface area (Å²) in [4.78, 5) is 12.7. The second kappa shape index (κ2) is 6.89. The summed E-state index contributed by atoms with van der Waals surface area (Å²) in [7, 11) is 0. The number of halogens is 1. The molecule has 0 bridgehead atoms. The van der Waals surface area contributed by atoms with E-state index in [-0.39, 0.29) is 17.8 Å². The number of aliphatic hydroxyl groups is 1. The van der Waals surface area contributed by atoms with Crippen LogP contribution in [0.3, 0.4) is 0 Å². The van der Waals surface area contributed by atoms with Gasteiger partial charge in [-0.3, -0.25) is 4.98 Å². The Kier molecular flexibility index (Phi) is 4.58. The monoisotopic (exact) mass is 357 g/mol. The molecule has 2 fully saturated rings. The first-order chi connectivity index (χ1) is 12.5. The first-order valence-electron chi connectivity index (χ1n) is 9.27. The highest BCUT2D eigenvalue weighted by molar-refractivity contribution is 5.61. The molecule has 2 aliphatic rings. The summed E-state index contributed by atoms with van der Waals surface area (Å²) in [6.07, 6.45) is 9.00. The average Bonchev–Trinajstić information content (AvgIpc) is 2.63. The van der Waals surface area contributed by atoms with E-state index in [0.29, 0.717) is 30.0 Å². The fraction of sp³-hybridized carbons (Fsp3) is 0.526. The molecule has 0 saturated heterocycles. The van der Waals surface area contributed by atoms with E-state index < -0.39 is 11.4 Å². The molecule has 0 spiro atoms. The SMILES string of the molecule is NC1CCC(Nc2ncc(F)c(-c3ccnc(C4(O)CCC4)c3)n2)CC1. The van der Waals surface area contributed by atoms with Crippen LogP contribution in [0, 0.1) is 5.82 Å². The summed E-state index contributed by atoms with van der Waals surface area (Å²) < 4.78 is 14.4. The lowest BCUT2D eigenvalue weighted by molar-refractivity contribution is -0.0425. The summed E-state index contributed by atoms with van der Waals surface area (Å²) in [6, 6.07) is 3.97. The lowest BCUT2D eigenvalue weighted by Gasteiger charge is -2.36. The van der Waals surface area contributed by atoms with E-state index in [4.69, 9.17) is 5.73 Å². The van der Waals surface area contributed by atoms with E-state index in [2.05, 4.69) is 20.3 Å². The van der Waals surface area contributed by atoms with Crippen LogP contribution in [0.15, 0.2) is 24.5 Å². The van der Waals surface area contributed by atoms with Gasteiger partial charge < -0.3 is 16.2 Å². The average molecular weight is 357 g/mol. The number of nitrogens with one attached hydrogen (secondary N) is 1. The molecule has 4 N–H and O–H groups in total. The molecule has 7 heteroatoms. The predicted octanol–water partition coefficient (Wildman–Crippen LogP) is 2.73. The van der Waals surface area contributed by atoms with Crippen LogP contribution in [-0.2, 0) is 5.60 Å². The van der Waals surface area contributed by atoms with Crippen molar-refractivity contribution in [2.45, 2.75) is 62.6 Å². The van der Waals surface area contributed by atoms with Crippen LogP contribution in [0.4, 0.5) is 10.3 Å². The molecule has 0 amide bonds. The first kappa shape index (κ1) is 17.3. The number of hydrogen-bond acceptors (Lipinski definition) is 6. The van der Waals surface area contributed by atoms with Gasteiger partial charge in [0, 0.05) is 23.8 Å². The highest BCUT2D eigenvalue weighted by atomic mass is 19.1. The van der Waals surface area contributed by atoms with E-state index in [0.717, 1.165) is 32.1 Å². The molecular formula is C19H24FN5O. The fourth-order valence-electron chi connectivity index (χ4n) is 3.69. The molecule has 6 nitrogen and oxygen atoms in total. The van der Waals surface area contributed by atoms with Crippen LogP contribution in [0.1, 0.15) is 50.6 Å². The molecule has 0 unspecified atom stereocenters. The number of nitrogens with zero attached hydrogens (tertiary/aromatic N) is 3. The minimum atomic E-state index is -0.887. The number of hydrogen-bond donors (Lipinski definition) is 3. The van der Waals surface area contributed by atoms with Gasteiger partial charge in [-0.2, -0.15) is 0 Å². The minimum absolute atomic E-state index is 0.224. The Morgan fingerprint density at radius 2 is 1.96 bits per heavy atom. The molecule has 0 radical (unpaired) electrons. The smallest absolute Gasteiger partial charge is 0.223 e. The van der Waals surface area contributed by atoms with Crippen LogP contribution >= 0.6 is 0 Å². The van der Waals surface area contributed by atoms with Gasteiger partial charge in [-0.25, -0.2) is 14.4 Å². The predicted molar refractivity (Wildman–Crippen MR) is 96.8 cm³/mol. The van der Waals surface area contributed by atoms with Crippen molar-refractivity contribution in [3.05, 3.63) is 36.0 Å². The van der Waals surface area contributed by atoms with Crippen molar-refractivity contribution in [3.8, 4) is 11.3 Å². The number of nitrogens with two attached hydrogens (primary N) is 1. The van der Waals surface area contributed by atoms with Crippen molar-refractivity contribution in [2.24, 2.45) is 5.73 Å². The molecular weight excluding hydrogens is 333 g/mol. The highest BCUT2D eigenvalue weighted by Crippen LogP contribution is 2.40.